The Balaban J connectivity index is 1.11. The lowest BCUT2D eigenvalue weighted by atomic mass is 9.87. The number of nitrogens with one attached hydrogen (secondary N) is 1. The molecule has 5 rings (SSSR count). The molecular weight excluding hydrogens is 384 g/mol. The van der Waals surface area contributed by atoms with Crippen molar-refractivity contribution in [3.8, 4) is 0 Å². The Morgan fingerprint density at radius 1 is 0.968 bits per heavy atom. The molecule has 0 saturated carbocycles. The van der Waals surface area contributed by atoms with Crippen molar-refractivity contribution in [1.29, 1.82) is 0 Å². The SMILES string of the molecule is CCc1ccccc1CN1CCC(N2CCC(c3ccc4c(c3)[N]C(=O)N4)CC2)CC1. The Bertz CT molecular complexity index is 927. The number of rotatable bonds is 5. The second-order valence-electron chi connectivity index (χ2n) is 9.26. The van der Waals surface area contributed by atoms with Gasteiger partial charge in [-0.05, 0) is 93.0 Å². The van der Waals surface area contributed by atoms with Crippen LogP contribution in [0.1, 0.15) is 55.2 Å². The molecule has 3 aliphatic rings. The van der Waals surface area contributed by atoms with E-state index in [1.54, 1.807) is 0 Å². The molecule has 5 heteroatoms. The first kappa shape index (κ1) is 20.5. The third-order valence-electron chi connectivity index (χ3n) is 7.45. The van der Waals surface area contributed by atoms with Crippen molar-refractivity contribution in [3.63, 3.8) is 0 Å². The van der Waals surface area contributed by atoms with Gasteiger partial charge in [-0.2, -0.15) is 5.32 Å². The highest BCUT2D eigenvalue weighted by atomic mass is 16.2. The number of hydrogen-bond donors (Lipinski definition) is 1. The number of anilines is 1. The molecule has 2 aromatic rings. The predicted molar refractivity (Wildman–Crippen MR) is 125 cm³/mol. The quantitative estimate of drug-likeness (QED) is 0.755. The van der Waals surface area contributed by atoms with Gasteiger partial charge in [0, 0.05) is 12.6 Å². The van der Waals surface area contributed by atoms with Gasteiger partial charge in [0.2, 0.25) is 0 Å². The van der Waals surface area contributed by atoms with Gasteiger partial charge in [0.05, 0.1) is 11.4 Å². The molecule has 3 heterocycles. The summed E-state index contributed by atoms with van der Waals surface area (Å²) in [5.41, 5.74) is 5.98. The van der Waals surface area contributed by atoms with E-state index in [0.29, 0.717) is 5.92 Å². The first-order valence-corrected chi connectivity index (χ1v) is 11.9. The number of urea groups is 1. The number of hydrogen-bond acceptors (Lipinski definition) is 3. The van der Waals surface area contributed by atoms with Crippen molar-refractivity contribution in [2.24, 2.45) is 0 Å². The Morgan fingerprint density at radius 2 is 1.71 bits per heavy atom. The molecule has 2 aromatic carbocycles. The number of benzene rings is 2. The van der Waals surface area contributed by atoms with Gasteiger partial charge in [0.15, 0.2) is 0 Å². The molecule has 31 heavy (non-hydrogen) atoms. The minimum atomic E-state index is -0.244. The van der Waals surface area contributed by atoms with Crippen molar-refractivity contribution in [3.05, 3.63) is 59.2 Å². The molecule has 2 amide bonds. The second-order valence-corrected chi connectivity index (χ2v) is 9.26. The van der Waals surface area contributed by atoms with Crippen molar-refractivity contribution < 1.29 is 4.79 Å². The third-order valence-corrected chi connectivity index (χ3v) is 7.45. The number of carbonyl (C=O) groups excluding carboxylic acids is 1. The van der Waals surface area contributed by atoms with Crippen LogP contribution in [-0.2, 0) is 13.0 Å². The van der Waals surface area contributed by atoms with Crippen LogP contribution in [-0.4, -0.2) is 48.1 Å². The van der Waals surface area contributed by atoms with E-state index in [2.05, 4.69) is 63.8 Å². The molecule has 0 unspecified atom stereocenters. The molecule has 1 radical (unpaired) electrons. The van der Waals surface area contributed by atoms with E-state index >= 15 is 0 Å². The molecule has 0 bridgehead atoms. The highest BCUT2D eigenvalue weighted by Gasteiger charge is 2.29. The highest BCUT2D eigenvalue weighted by molar-refractivity contribution is 6.02. The van der Waals surface area contributed by atoms with E-state index in [9.17, 15) is 4.79 Å². The molecule has 2 fully saturated rings. The largest absolute Gasteiger partial charge is 0.346 e. The van der Waals surface area contributed by atoms with E-state index in [-0.39, 0.29) is 6.03 Å². The van der Waals surface area contributed by atoms with Crippen LogP contribution in [0, 0.1) is 0 Å². The van der Waals surface area contributed by atoms with Gasteiger partial charge in [-0.15, -0.1) is 0 Å². The van der Waals surface area contributed by atoms with Gasteiger partial charge >= 0.3 is 6.03 Å². The van der Waals surface area contributed by atoms with Crippen LogP contribution in [0.3, 0.4) is 0 Å². The minimum Gasteiger partial charge on any atom is -0.304 e. The van der Waals surface area contributed by atoms with Gasteiger partial charge < -0.3 is 10.2 Å². The number of carbonyl (C=O) groups is 1. The van der Waals surface area contributed by atoms with Crippen LogP contribution in [0.25, 0.3) is 0 Å². The maximum absolute atomic E-state index is 11.5. The average molecular weight is 418 g/mol. The van der Waals surface area contributed by atoms with E-state index in [4.69, 9.17) is 0 Å². The molecule has 3 aliphatic heterocycles. The zero-order valence-electron chi connectivity index (χ0n) is 18.5. The molecule has 2 saturated heterocycles. The minimum absolute atomic E-state index is 0.244. The van der Waals surface area contributed by atoms with Gasteiger partial charge in [0.1, 0.15) is 0 Å². The summed E-state index contributed by atoms with van der Waals surface area (Å²) < 4.78 is 0. The Hall–Kier alpha value is -2.37. The first-order valence-electron chi connectivity index (χ1n) is 11.9. The number of likely N-dealkylation sites (tertiary alicyclic amines) is 2. The zero-order valence-corrected chi connectivity index (χ0v) is 18.5. The van der Waals surface area contributed by atoms with E-state index in [0.717, 1.165) is 30.4 Å². The lowest BCUT2D eigenvalue weighted by Gasteiger charge is -2.42. The van der Waals surface area contributed by atoms with Crippen LogP contribution in [0.15, 0.2) is 42.5 Å². The van der Waals surface area contributed by atoms with Crippen LogP contribution in [0.5, 0.6) is 0 Å². The smallest absolute Gasteiger partial charge is 0.304 e. The van der Waals surface area contributed by atoms with Crippen molar-refractivity contribution in [2.75, 3.05) is 31.5 Å². The fourth-order valence-corrected chi connectivity index (χ4v) is 5.59. The van der Waals surface area contributed by atoms with Crippen LogP contribution < -0.4 is 10.6 Å². The molecule has 0 aromatic heterocycles. The Kier molecular flexibility index (Phi) is 5.97. The summed E-state index contributed by atoms with van der Waals surface area (Å²) in [6.45, 7) is 8.12. The van der Waals surface area contributed by atoms with E-state index < -0.39 is 0 Å². The maximum atomic E-state index is 11.5. The second kappa shape index (κ2) is 9.01. The molecule has 5 nitrogen and oxygen atoms in total. The molecule has 0 aliphatic carbocycles. The fraction of sp³-hybridized carbons (Fsp3) is 0.500. The predicted octanol–water partition coefficient (Wildman–Crippen LogP) is 4.87. The fourth-order valence-electron chi connectivity index (χ4n) is 5.59. The summed E-state index contributed by atoms with van der Waals surface area (Å²) in [5, 5.41) is 6.86. The summed E-state index contributed by atoms with van der Waals surface area (Å²) in [6.07, 6.45) is 6.08. The normalized spacial score (nSPS) is 21.0. The van der Waals surface area contributed by atoms with Crippen LogP contribution in [0.4, 0.5) is 16.2 Å². The Labute approximate surface area is 185 Å². The lowest BCUT2D eigenvalue weighted by Crippen LogP contribution is -2.47. The van der Waals surface area contributed by atoms with Gasteiger partial charge in [-0.1, -0.05) is 37.3 Å². The van der Waals surface area contributed by atoms with Gasteiger partial charge in [0.25, 0.3) is 0 Å². The van der Waals surface area contributed by atoms with Gasteiger partial charge in [-0.3, -0.25) is 4.90 Å². The Morgan fingerprint density at radius 3 is 2.45 bits per heavy atom. The van der Waals surface area contributed by atoms with Crippen molar-refractivity contribution in [2.45, 2.75) is 57.5 Å². The highest BCUT2D eigenvalue weighted by Crippen LogP contribution is 2.35. The number of aryl methyl sites for hydroxylation is 1. The van der Waals surface area contributed by atoms with E-state index in [1.807, 2.05) is 6.07 Å². The average Bonchev–Trinajstić information content (AvgIpc) is 3.19. The lowest BCUT2D eigenvalue weighted by molar-refractivity contribution is 0.0845. The molecule has 0 spiro atoms. The molecule has 0 atom stereocenters. The summed E-state index contributed by atoms with van der Waals surface area (Å²) >= 11 is 0. The summed E-state index contributed by atoms with van der Waals surface area (Å²) in [4.78, 5) is 16.8. The first-order chi connectivity index (χ1) is 15.2. The number of amides is 2. The van der Waals surface area contributed by atoms with Crippen LogP contribution in [0.2, 0.25) is 0 Å². The number of fused-ring (bicyclic) bond motifs is 1. The zero-order chi connectivity index (χ0) is 21.2. The maximum Gasteiger partial charge on any atom is 0.346 e. The summed E-state index contributed by atoms with van der Waals surface area (Å²) in [6, 6.07) is 15.7. The summed E-state index contributed by atoms with van der Waals surface area (Å²) in [5.74, 6) is 0.582. The third kappa shape index (κ3) is 4.48. The van der Waals surface area contributed by atoms with Gasteiger partial charge in [-0.25, -0.2) is 4.79 Å². The number of nitrogens with zero attached hydrogens (tertiary/aromatic N) is 3. The molecular formula is C26H33N4O. The molecule has 1 N–H and O–H groups in total. The number of piperidine rings is 2. The van der Waals surface area contributed by atoms with Crippen LogP contribution >= 0.6 is 0 Å². The molecule has 163 valence electrons. The standard InChI is InChI=1S/C26H33N4O/c1-2-19-5-3-4-6-22(19)18-29-13-11-23(12-14-29)30-15-9-20(10-16-30)21-7-8-24-25(17-21)28-26(31)27-24/h3-8,17,20,23H,2,9-16,18H2,1H3,(H,27,31). The summed E-state index contributed by atoms with van der Waals surface area (Å²) in [7, 11) is 0. The monoisotopic (exact) mass is 417 g/mol. The van der Waals surface area contributed by atoms with Crippen molar-refractivity contribution in [1.82, 2.24) is 15.1 Å². The topological polar surface area (TPSA) is 49.7 Å². The van der Waals surface area contributed by atoms with Crippen molar-refractivity contribution >= 4 is 17.4 Å². The van der Waals surface area contributed by atoms with E-state index in [1.165, 1.54) is 68.6 Å².